The van der Waals surface area contributed by atoms with Crippen molar-refractivity contribution in [2.75, 3.05) is 12.4 Å². The number of hydrogen-bond donors (Lipinski definition) is 2. The molecule has 0 aliphatic rings. The molecule has 1 aromatic heterocycles. The smallest absolute Gasteiger partial charge is 0.251 e. The van der Waals surface area contributed by atoms with Crippen LogP contribution in [0.1, 0.15) is 41.3 Å². The summed E-state index contributed by atoms with van der Waals surface area (Å²) in [6, 6.07) is 19.2. The van der Waals surface area contributed by atoms with Gasteiger partial charge in [0.15, 0.2) is 0 Å². The first kappa shape index (κ1) is 19.4. The minimum absolute atomic E-state index is 0.159. The Morgan fingerprint density at radius 2 is 1.82 bits per heavy atom. The molecule has 5 heteroatoms. The Balaban J connectivity index is 1.72. The largest absolute Gasteiger partial charge is 0.496 e. The average molecular weight is 375 g/mol. The van der Waals surface area contributed by atoms with E-state index in [1.54, 1.807) is 25.4 Å². The lowest BCUT2D eigenvalue weighted by Gasteiger charge is -2.14. The van der Waals surface area contributed by atoms with Crippen LogP contribution in [0.5, 0.6) is 5.75 Å². The Hall–Kier alpha value is -3.34. The van der Waals surface area contributed by atoms with Crippen LogP contribution < -0.4 is 15.4 Å². The third kappa shape index (κ3) is 4.68. The molecular weight excluding hydrogens is 350 g/mol. The van der Waals surface area contributed by atoms with E-state index >= 15 is 0 Å². The number of nitrogens with one attached hydrogen (secondary N) is 2. The first-order valence-electron chi connectivity index (χ1n) is 9.30. The van der Waals surface area contributed by atoms with Crippen molar-refractivity contribution in [2.24, 2.45) is 0 Å². The average Bonchev–Trinajstić information content (AvgIpc) is 2.72. The van der Waals surface area contributed by atoms with Gasteiger partial charge in [-0.1, -0.05) is 50.2 Å². The van der Waals surface area contributed by atoms with Crippen molar-refractivity contribution in [3.05, 3.63) is 83.6 Å². The molecule has 2 N–H and O–H groups in total. The number of pyridine rings is 1. The second-order valence-electron chi connectivity index (χ2n) is 6.79. The van der Waals surface area contributed by atoms with Crippen LogP contribution in [0.2, 0.25) is 0 Å². The summed E-state index contributed by atoms with van der Waals surface area (Å²) in [5.41, 5.74) is 3.68. The highest BCUT2D eigenvalue weighted by Crippen LogP contribution is 2.26. The lowest BCUT2D eigenvalue weighted by molar-refractivity contribution is 0.0950. The molecule has 3 aromatic rings. The van der Waals surface area contributed by atoms with Crippen LogP contribution in [0.15, 0.2) is 66.9 Å². The predicted octanol–water partition coefficient (Wildman–Crippen LogP) is 4.89. The summed E-state index contributed by atoms with van der Waals surface area (Å²) in [4.78, 5) is 16.9. The fraction of sp³-hybridized carbons (Fsp3) is 0.217. The Bertz CT molecular complexity index is 954. The molecule has 28 heavy (non-hydrogen) atoms. The number of methoxy groups -OCH3 is 1. The third-order valence-corrected chi connectivity index (χ3v) is 4.50. The normalized spacial score (nSPS) is 10.6. The van der Waals surface area contributed by atoms with E-state index in [2.05, 4.69) is 35.5 Å². The topological polar surface area (TPSA) is 63.2 Å². The summed E-state index contributed by atoms with van der Waals surface area (Å²) < 4.78 is 5.33. The number of aromatic nitrogens is 1. The number of nitrogens with zero attached hydrogens (tertiary/aromatic N) is 1. The standard InChI is InChI=1S/C23H25N3O2/c1-16(2)19-9-5-6-10-20(19)26-22-14-17(12-13-24-22)23(27)25-15-18-8-4-7-11-21(18)28-3/h4-14,16H,15H2,1-3H3,(H,24,26)(H,25,27). The van der Waals surface area contributed by atoms with Gasteiger partial charge in [0.2, 0.25) is 0 Å². The molecular formula is C23H25N3O2. The van der Waals surface area contributed by atoms with E-state index in [-0.39, 0.29) is 5.91 Å². The van der Waals surface area contributed by atoms with Gasteiger partial charge < -0.3 is 15.4 Å². The van der Waals surface area contributed by atoms with Crippen molar-refractivity contribution >= 4 is 17.4 Å². The van der Waals surface area contributed by atoms with Crippen molar-refractivity contribution in [1.82, 2.24) is 10.3 Å². The minimum Gasteiger partial charge on any atom is -0.496 e. The van der Waals surface area contributed by atoms with E-state index in [4.69, 9.17) is 4.74 Å². The number of rotatable bonds is 7. The number of hydrogen-bond acceptors (Lipinski definition) is 4. The maximum Gasteiger partial charge on any atom is 0.251 e. The van der Waals surface area contributed by atoms with Crippen LogP contribution in [0.4, 0.5) is 11.5 Å². The van der Waals surface area contributed by atoms with Gasteiger partial charge >= 0.3 is 0 Å². The summed E-state index contributed by atoms with van der Waals surface area (Å²) >= 11 is 0. The number of benzene rings is 2. The Morgan fingerprint density at radius 1 is 1.07 bits per heavy atom. The van der Waals surface area contributed by atoms with Gasteiger partial charge in [0.05, 0.1) is 7.11 Å². The van der Waals surface area contributed by atoms with E-state index in [0.29, 0.717) is 23.8 Å². The zero-order chi connectivity index (χ0) is 19.9. The van der Waals surface area contributed by atoms with Crippen LogP contribution in [0.3, 0.4) is 0 Å². The number of ether oxygens (including phenoxy) is 1. The summed E-state index contributed by atoms with van der Waals surface area (Å²) in [5.74, 6) is 1.62. The molecule has 0 aliphatic carbocycles. The molecule has 0 saturated heterocycles. The number of anilines is 2. The fourth-order valence-corrected chi connectivity index (χ4v) is 3.02. The van der Waals surface area contributed by atoms with Crippen LogP contribution in [0.25, 0.3) is 0 Å². The van der Waals surface area contributed by atoms with Gasteiger partial charge in [-0.3, -0.25) is 4.79 Å². The van der Waals surface area contributed by atoms with Gasteiger partial charge in [0.1, 0.15) is 11.6 Å². The quantitative estimate of drug-likeness (QED) is 0.617. The van der Waals surface area contributed by atoms with Crippen molar-refractivity contribution in [3.8, 4) is 5.75 Å². The molecule has 3 rings (SSSR count). The molecule has 0 bridgehead atoms. The molecule has 0 saturated carbocycles. The molecule has 0 unspecified atom stereocenters. The zero-order valence-electron chi connectivity index (χ0n) is 16.4. The van der Waals surface area contributed by atoms with Crippen LogP contribution in [-0.2, 0) is 6.54 Å². The van der Waals surface area contributed by atoms with Crippen LogP contribution >= 0.6 is 0 Å². The summed E-state index contributed by atoms with van der Waals surface area (Å²) in [6.07, 6.45) is 1.64. The molecule has 0 atom stereocenters. The zero-order valence-corrected chi connectivity index (χ0v) is 16.4. The Labute approximate surface area is 165 Å². The summed E-state index contributed by atoms with van der Waals surface area (Å²) in [7, 11) is 1.62. The second kappa shape index (κ2) is 9.04. The molecule has 1 heterocycles. The fourth-order valence-electron chi connectivity index (χ4n) is 3.02. The van der Waals surface area contributed by atoms with Gasteiger partial charge in [0.25, 0.3) is 5.91 Å². The first-order chi connectivity index (χ1) is 13.6. The van der Waals surface area contributed by atoms with Gasteiger partial charge in [-0.25, -0.2) is 4.98 Å². The Kier molecular flexibility index (Phi) is 6.27. The first-order valence-corrected chi connectivity index (χ1v) is 9.30. The molecule has 1 amide bonds. The number of carbonyl (C=O) groups excluding carboxylic acids is 1. The molecule has 2 aromatic carbocycles. The number of amides is 1. The Morgan fingerprint density at radius 3 is 2.61 bits per heavy atom. The summed E-state index contributed by atoms with van der Waals surface area (Å²) in [6.45, 7) is 4.69. The van der Waals surface area contributed by atoms with E-state index < -0.39 is 0 Å². The van der Waals surface area contributed by atoms with Gasteiger partial charge in [-0.05, 0) is 35.7 Å². The maximum atomic E-state index is 12.6. The highest BCUT2D eigenvalue weighted by molar-refractivity contribution is 5.94. The molecule has 144 valence electrons. The van der Waals surface area contributed by atoms with E-state index in [9.17, 15) is 4.79 Å². The highest BCUT2D eigenvalue weighted by atomic mass is 16.5. The van der Waals surface area contributed by atoms with Crippen LogP contribution in [0, 0.1) is 0 Å². The van der Waals surface area contributed by atoms with Crippen LogP contribution in [-0.4, -0.2) is 18.0 Å². The summed E-state index contributed by atoms with van der Waals surface area (Å²) in [5, 5.41) is 6.27. The third-order valence-electron chi connectivity index (χ3n) is 4.50. The van der Waals surface area contributed by atoms with Gasteiger partial charge in [0, 0.05) is 29.6 Å². The van der Waals surface area contributed by atoms with Crippen molar-refractivity contribution < 1.29 is 9.53 Å². The maximum absolute atomic E-state index is 12.6. The van der Waals surface area contributed by atoms with Crippen molar-refractivity contribution in [2.45, 2.75) is 26.3 Å². The lowest BCUT2D eigenvalue weighted by atomic mass is 10.0. The number of para-hydroxylation sites is 2. The van der Waals surface area contributed by atoms with Gasteiger partial charge in [-0.2, -0.15) is 0 Å². The SMILES string of the molecule is COc1ccccc1CNC(=O)c1ccnc(Nc2ccccc2C(C)C)c1. The van der Waals surface area contributed by atoms with Crippen molar-refractivity contribution in [1.29, 1.82) is 0 Å². The molecule has 5 nitrogen and oxygen atoms in total. The van der Waals surface area contributed by atoms with E-state index in [1.807, 2.05) is 42.5 Å². The molecule has 0 aliphatic heterocycles. The molecule has 0 fully saturated rings. The lowest BCUT2D eigenvalue weighted by Crippen LogP contribution is -2.23. The van der Waals surface area contributed by atoms with E-state index in [0.717, 1.165) is 17.0 Å². The van der Waals surface area contributed by atoms with Gasteiger partial charge in [-0.15, -0.1) is 0 Å². The van der Waals surface area contributed by atoms with Crippen molar-refractivity contribution in [3.63, 3.8) is 0 Å². The molecule has 0 radical (unpaired) electrons. The second-order valence-corrected chi connectivity index (χ2v) is 6.79. The minimum atomic E-state index is -0.159. The highest BCUT2D eigenvalue weighted by Gasteiger charge is 2.10. The van der Waals surface area contributed by atoms with E-state index in [1.165, 1.54) is 5.56 Å². The predicted molar refractivity (Wildman–Crippen MR) is 112 cm³/mol. The molecule has 0 spiro atoms. The monoisotopic (exact) mass is 375 g/mol. The number of carbonyl (C=O) groups is 1.